The lowest BCUT2D eigenvalue weighted by atomic mass is 10.2. The molecule has 1 saturated heterocycles. The van der Waals surface area contributed by atoms with E-state index in [2.05, 4.69) is 10.4 Å². The molecule has 4 rings (SSSR count). The molecule has 1 aliphatic rings. The summed E-state index contributed by atoms with van der Waals surface area (Å²) >= 11 is 12.3. The molecule has 0 spiro atoms. The van der Waals surface area contributed by atoms with E-state index >= 15 is 0 Å². The highest BCUT2D eigenvalue weighted by atomic mass is 35.5. The van der Waals surface area contributed by atoms with E-state index in [9.17, 15) is 9.59 Å². The van der Waals surface area contributed by atoms with Crippen LogP contribution in [0.4, 0.5) is 11.5 Å². The SMILES string of the molecule is O=C(COc1cccc(N2CCCC2=O)c1)Nc1ccnn1Cc1cccc(Cl)c1Cl. The van der Waals surface area contributed by atoms with Gasteiger partial charge in [-0.2, -0.15) is 5.10 Å². The molecule has 1 aromatic heterocycles. The van der Waals surface area contributed by atoms with Crippen LogP contribution in [-0.2, 0) is 16.1 Å². The van der Waals surface area contributed by atoms with Gasteiger partial charge in [-0.15, -0.1) is 0 Å². The van der Waals surface area contributed by atoms with Crippen LogP contribution in [0.25, 0.3) is 0 Å². The van der Waals surface area contributed by atoms with Crippen LogP contribution in [-0.4, -0.2) is 34.7 Å². The summed E-state index contributed by atoms with van der Waals surface area (Å²) < 4.78 is 7.25. The zero-order chi connectivity index (χ0) is 21.8. The van der Waals surface area contributed by atoms with Crippen LogP contribution in [0.5, 0.6) is 5.75 Å². The number of ether oxygens (including phenoxy) is 1. The zero-order valence-electron chi connectivity index (χ0n) is 16.6. The fraction of sp³-hybridized carbons (Fsp3) is 0.227. The Labute approximate surface area is 189 Å². The third-order valence-electron chi connectivity index (χ3n) is 4.91. The van der Waals surface area contributed by atoms with Crippen LogP contribution < -0.4 is 15.0 Å². The van der Waals surface area contributed by atoms with Crippen molar-refractivity contribution in [1.29, 1.82) is 0 Å². The standard InChI is InChI=1S/C22H20Cl2N4O3/c23-18-7-1-4-15(22(18)24)13-28-19(9-10-25-28)26-20(29)14-31-17-6-2-5-16(12-17)27-11-3-8-21(27)30/h1-2,4-7,9-10,12H,3,8,11,13-14H2,(H,26,29). The topological polar surface area (TPSA) is 76.5 Å². The number of rotatable bonds is 7. The minimum atomic E-state index is -0.332. The molecule has 7 nitrogen and oxygen atoms in total. The van der Waals surface area contributed by atoms with E-state index in [0.717, 1.165) is 17.7 Å². The summed E-state index contributed by atoms with van der Waals surface area (Å²) in [6.45, 7) is 0.874. The molecule has 1 fully saturated rings. The molecule has 160 valence electrons. The number of hydrogen-bond acceptors (Lipinski definition) is 4. The van der Waals surface area contributed by atoms with Gasteiger partial charge in [0.15, 0.2) is 6.61 Å². The fourth-order valence-corrected chi connectivity index (χ4v) is 3.77. The summed E-state index contributed by atoms with van der Waals surface area (Å²) in [7, 11) is 0. The summed E-state index contributed by atoms with van der Waals surface area (Å²) in [4.78, 5) is 26.1. The zero-order valence-corrected chi connectivity index (χ0v) is 18.1. The molecule has 1 N–H and O–H groups in total. The van der Waals surface area contributed by atoms with Gasteiger partial charge in [-0.05, 0) is 30.2 Å². The minimum Gasteiger partial charge on any atom is -0.484 e. The van der Waals surface area contributed by atoms with Gasteiger partial charge in [0.2, 0.25) is 5.91 Å². The van der Waals surface area contributed by atoms with Crippen molar-refractivity contribution in [2.24, 2.45) is 0 Å². The summed E-state index contributed by atoms with van der Waals surface area (Å²) in [6.07, 6.45) is 2.99. The molecular formula is C22H20Cl2N4O3. The summed E-state index contributed by atoms with van der Waals surface area (Å²) in [5.41, 5.74) is 1.56. The van der Waals surface area contributed by atoms with E-state index in [1.54, 1.807) is 46.1 Å². The van der Waals surface area contributed by atoms with Gasteiger partial charge in [0.1, 0.15) is 11.6 Å². The first kappa shape index (κ1) is 21.2. The van der Waals surface area contributed by atoms with Gasteiger partial charge < -0.3 is 15.0 Å². The number of anilines is 2. The molecule has 0 atom stereocenters. The molecule has 3 aromatic rings. The van der Waals surface area contributed by atoms with Gasteiger partial charge in [-0.3, -0.25) is 9.59 Å². The molecule has 0 radical (unpaired) electrons. The number of amides is 2. The Hall–Kier alpha value is -3.03. The largest absolute Gasteiger partial charge is 0.484 e. The molecule has 31 heavy (non-hydrogen) atoms. The lowest BCUT2D eigenvalue weighted by molar-refractivity contribution is -0.118. The number of carbonyl (C=O) groups is 2. The van der Waals surface area contributed by atoms with Crippen molar-refractivity contribution >= 4 is 46.5 Å². The van der Waals surface area contributed by atoms with E-state index in [1.165, 1.54) is 0 Å². The summed E-state index contributed by atoms with van der Waals surface area (Å²) in [5.74, 6) is 0.803. The van der Waals surface area contributed by atoms with Gasteiger partial charge in [-0.1, -0.05) is 41.4 Å². The van der Waals surface area contributed by atoms with Crippen molar-refractivity contribution in [3.63, 3.8) is 0 Å². The highest BCUT2D eigenvalue weighted by Gasteiger charge is 2.22. The highest BCUT2D eigenvalue weighted by Crippen LogP contribution is 2.27. The van der Waals surface area contributed by atoms with Crippen molar-refractivity contribution in [3.05, 3.63) is 70.3 Å². The Balaban J connectivity index is 1.37. The minimum absolute atomic E-state index is 0.1000. The Bertz CT molecular complexity index is 1120. The Morgan fingerprint density at radius 2 is 2.00 bits per heavy atom. The first-order valence-electron chi connectivity index (χ1n) is 9.79. The van der Waals surface area contributed by atoms with Crippen LogP contribution in [0.1, 0.15) is 18.4 Å². The Morgan fingerprint density at radius 1 is 1.16 bits per heavy atom. The summed E-state index contributed by atoms with van der Waals surface area (Å²) in [6, 6.07) is 14.2. The number of benzene rings is 2. The van der Waals surface area contributed by atoms with Crippen LogP contribution in [0.3, 0.4) is 0 Å². The maximum atomic E-state index is 12.4. The van der Waals surface area contributed by atoms with Crippen LogP contribution in [0.15, 0.2) is 54.7 Å². The van der Waals surface area contributed by atoms with E-state index in [1.807, 2.05) is 18.2 Å². The maximum absolute atomic E-state index is 12.4. The second-order valence-electron chi connectivity index (χ2n) is 7.07. The molecule has 9 heteroatoms. The average Bonchev–Trinajstić information content (AvgIpc) is 3.39. The first-order chi connectivity index (χ1) is 15.0. The van der Waals surface area contributed by atoms with E-state index < -0.39 is 0 Å². The van der Waals surface area contributed by atoms with Crippen LogP contribution in [0.2, 0.25) is 10.0 Å². The normalized spacial score (nSPS) is 13.5. The third-order valence-corrected chi connectivity index (χ3v) is 5.77. The molecule has 0 aliphatic carbocycles. The quantitative estimate of drug-likeness (QED) is 0.569. The molecule has 0 unspecified atom stereocenters. The first-order valence-corrected chi connectivity index (χ1v) is 10.5. The predicted molar refractivity (Wildman–Crippen MR) is 120 cm³/mol. The van der Waals surface area contributed by atoms with Crippen molar-refractivity contribution in [2.45, 2.75) is 19.4 Å². The van der Waals surface area contributed by atoms with Gasteiger partial charge >= 0.3 is 0 Å². The number of nitrogens with one attached hydrogen (secondary N) is 1. The molecule has 2 aromatic carbocycles. The molecule has 2 amide bonds. The lowest BCUT2D eigenvalue weighted by Crippen LogP contribution is -2.24. The third kappa shape index (κ3) is 5.00. The number of nitrogens with zero attached hydrogens (tertiary/aromatic N) is 3. The van der Waals surface area contributed by atoms with Crippen LogP contribution in [0, 0.1) is 0 Å². The van der Waals surface area contributed by atoms with E-state index in [0.29, 0.717) is 41.1 Å². The van der Waals surface area contributed by atoms with Gasteiger partial charge in [0, 0.05) is 30.8 Å². The molecular weight excluding hydrogens is 439 g/mol. The lowest BCUT2D eigenvalue weighted by Gasteiger charge is -2.16. The Morgan fingerprint density at radius 3 is 2.81 bits per heavy atom. The fourth-order valence-electron chi connectivity index (χ4n) is 3.39. The van der Waals surface area contributed by atoms with Crippen molar-refractivity contribution in [3.8, 4) is 5.75 Å². The maximum Gasteiger partial charge on any atom is 0.263 e. The average molecular weight is 459 g/mol. The highest BCUT2D eigenvalue weighted by molar-refractivity contribution is 6.42. The molecule has 2 heterocycles. The summed E-state index contributed by atoms with van der Waals surface area (Å²) in [5, 5.41) is 7.94. The number of aromatic nitrogens is 2. The number of hydrogen-bond donors (Lipinski definition) is 1. The second kappa shape index (κ2) is 9.41. The van der Waals surface area contributed by atoms with Crippen LogP contribution >= 0.6 is 23.2 Å². The smallest absolute Gasteiger partial charge is 0.263 e. The van der Waals surface area contributed by atoms with Gasteiger partial charge in [-0.25, -0.2) is 4.68 Å². The second-order valence-corrected chi connectivity index (χ2v) is 7.86. The van der Waals surface area contributed by atoms with Gasteiger partial charge in [0.05, 0.1) is 22.8 Å². The van der Waals surface area contributed by atoms with Crippen molar-refractivity contribution in [1.82, 2.24) is 9.78 Å². The van der Waals surface area contributed by atoms with Crippen molar-refractivity contribution in [2.75, 3.05) is 23.4 Å². The van der Waals surface area contributed by atoms with Gasteiger partial charge in [0.25, 0.3) is 5.91 Å². The van der Waals surface area contributed by atoms with Crippen molar-refractivity contribution < 1.29 is 14.3 Å². The molecule has 0 bridgehead atoms. The van der Waals surface area contributed by atoms with E-state index in [4.69, 9.17) is 27.9 Å². The monoisotopic (exact) mass is 458 g/mol. The molecule has 0 saturated carbocycles. The predicted octanol–water partition coefficient (Wildman–Crippen LogP) is 4.38. The van der Waals surface area contributed by atoms with E-state index in [-0.39, 0.29) is 18.4 Å². The number of halogens is 2. The Kier molecular flexibility index (Phi) is 6.44. The number of carbonyl (C=O) groups excluding carboxylic acids is 2. The molecule has 1 aliphatic heterocycles.